The highest BCUT2D eigenvalue weighted by atomic mass is 16.2. The zero-order valence-corrected chi connectivity index (χ0v) is 12.3. The van der Waals surface area contributed by atoms with Gasteiger partial charge in [-0.3, -0.25) is 4.79 Å². The zero-order valence-electron chi connectivity index (χ0n) is 12.3. The Bertz CT molecular complexity index is 610. The van der Waals surface area contributed by atoms with E-state index in [4.69, 9.17) is 0 Å². The normalized spacial score (nSPS) is 10.6. The summed E-state index contributed by atoms with van der Waals surface area (Å²) < 4.78 is 0. The van der Waals surface area contributed by atoms with Gasteiger partial charge in [-0.2, -0.15) is 0 Å². The molecule has 0 saturated carbocycles. The van der Waals surface area contributed by atoms with Crippen LogP contribution in [-0.4, -0.2) is 35.9 Å². The highest BCUT2D eigenvalue weighted by Crippen LogP contribution is 2.25. The van der Waals surface area contributed by atoms with E-state index in [1.807, 2.05) is 43.1 Å². The maximum absolute atomic E-state index is 12.6. The van der Waals surface area contributed by atoms with E-state index in [1.165, 1.54) is 0 Å². The minimum Gasteiger partial charge on any atom is -0.373 e. The van der Waals surface area contributed by atoms with Gasteiger partial charge in [-0.05, 0) is 18.7 Å². The third-order valence-corrected chi connectivity index (χ3v) is 3.42. The van der Waals surface area contributed by atoms with Gasteiger partial charge in [0, 0.05) is 31.7 Å². The van der Waals surface area contributed by atoms with Gasteiger partial charge < -0.3 is 10.2 Å². The number of rotatable bonds is 5. The van der Waals surface area contributed by atoms with Crippen molar-refractivity contribution in [3.8, 4) is 0 Å². The quantitative estimate of drug-likeness (QED) is 0.908. The van der Waals surface area contributed by atoms with Gasteiger partial charge in [-0.25, -0.2) is 4.98 Å². The molecule has 1 aromatic carbocycles. The fourth-order valence-corrected chi connectivity index (χ4v) is 2.41. The minimum absolute atomic E-state index is 0.0562. The summed E-state index contributed by atoms with van der Waals surface area (Å²) in [5.74, 6) is 0.858. The van der Waals surface area contributed by atoms with E-state index in [1.54, 1.807) is 6.20 Å². The molecule has 1 heterocycles. The lowest BCUT2D eigenvalue weighted by molar-refractivity contribution is 0.0766. The standard InChI is InChI=1S/C16H21N3O/c1-4-10-19(5-2)16(20)14-11-18-15(17-3)13-9-7-6-8-12(13)14/h6-9,11H,4-5,10H2,1-3H3,(H,17,18). The molecule has 2 rings (SSSR count). The van der Waals surface area contributed by atoms with Crippen molar-refractivity contribution in [2.75, 3.05) is 25.5 Å². The third-order valence-electron chi connectivity index (χ3n) is 3.42. The average molecular weight is 271 g/mol. The number of hydrogen-bond donors (Lipinski definition) is 1. The van der Waals surface area contributed by atoms with Gasteiger partial charge in [0.2, 0.25) is 0 Å². The number of fused-ring (bicyclic) bond motifs is 1. The van der Waals surface area contributed by atoms with Crippen molar-refractivity contribution in [2.45, 2.75) is 20.3 Å². The van der Waals surface area contributed by atoms with Crippen LogP contribution in [0.3, 0.4) is 0 Å². The maximum atomic E-state index is 12.6. The number of hydrogen-bond acceptors (Lipinski definition) is 3. The first kappa shape index (κ1) is 14.3. The van der Waals surface area contributed by atoms with E-state index in [9.17, 15) is 4.79 Å². The van der Waals surface area contributed by atoms with Crippen LogP contribution >= 0.6 is 0 Å². The summed E-state index contributed by atoms with van der Waals surface area (Å²) >= 11 is 0. The van der Waals surface area contributed by atoms with Gasteiger partial charge in [0.05, 0.1) is 5.56 Å². The lowest BCUT2D eigenvalue weighted by atomic mass is 10.1. The largest absolute Gasteiger partial charge is 0.373 e. The fourth-order valence-electron chi connectivity index (χ4n) is 2.41. The Hall–Kier alpha value is -2.10. The van der Waals surface area contributed by atoms with Crippen molar-refractivity contribution in [3.63, 3.8) is 0 Å². The van der Waals surface area contributed by atoms with E-state index in [0.717, 1.165) is 36.1 Å². The van der Waals surface area contributed by atoms with E-state index in [-0.39, 0.29) is 5.91 Å². The van der Waals surface area contributed by atoms with E-state index in [0.29, 0.717) is 5.56 Å². The number of nitrogens with zero attached hydrogens (tertiary/aromatic N) is 2. The molecular weight excluding hydrogens is 250 g/mol. The zero-order chi connectivity index (χ0) is 14.5. The summed E-state index contributed by atoms with van der Waals surface area (Å²) in [5.41, 5.74) is 0.676. The highest BCUT2D eigenvalue weighted by Gasteiger charge is 2.17. The molecule has 0 unspecified atom stereocenters. The molecule has 2 aromatic rings. The van der Waals surface area contributed by atoms with Gasteiger partial charge in [0.15, 0.2) is 0 Å². The van der Waals surface area contributed by atoms with E-state index in [2.05, 4.69) is 17.2 Å². The van der Waals surface area contributed by atoms with Crippen LogP contribution in [0.1, 0.15) is 30.6 Å². The number of aromatic nitrogens is 1. The Kier molecular flexibility index (Phi) is 4.56. The molecule has 0 atom stereocenters. The van der Waals surface area contributed by atoms with Gasteiger partial charge in [-0.1, -0.05) is 31.2 Å². The lowest BCUT2D eigenvalue weighted by Gasteiger charge is -2.21. The third kappa shape index (κ3) is 2.59. The van der Waals surface area contributed by atoms with Crippen LogP contribution in [0.25, 0.3) is 10.8 Å². The second-order valence-electron chi connectivity index (χ2n) is 4.70. The Balaban J connectivity index is 2.52. The monoisotopic (exact) mass is 271 g/mol. The molecule has 0 radical (unpaired) electrons. The molecule has 0 saturated heterocycles. The number of pyridine rings is 1. The van der Waals surface area contributed by atoms with Crippen molar-refractivity contribution in [2.24, 2.45) is 0 Å². The summed E-state index contributed by atoms with van der Waals surface area (Å²) in [6.07, 6.45) is 2.63. The van der Waals surface area contributed by atoms with Gasteiger partial charge in [-0.15, -0.1) is 0 Å². The summed E-state index contributed by atoms with van der Waals surface area (Å²) in [6.45, 7) is 5.58. The second-order valence-corrected chi connectivity index (χ2v) is 4.70. The van der Waals surface area contributed by atoms with Crippen LogP contribution in [0.5, 0.6) is 0 Å². The predicted molar refractivity (Wildman–Crippen MR) is 83.2 cm³/mol. The minimum atomic E-state index is 0.0562. The van der Waals surface area contributed by atoms with Gasteiger partial charge in [0.1, 0.15) is 5.82 Å². The number of amides is 1. The molecule has 20 heavy (non-hydrogen) atoms. The topological polar surface area (TPSA) is 45.2 Å². The Morgan fingerprint density at radius 2 is 1.95 bits per heavy atom. The van der Waals surface area contributed by atoms with Crippen molar-refractivity contribution in [1.29, 1.82) is 0 Å². The number of carbonyl (C=O) groups excluding carboxylic acids is 1. The van der Waals surface area contributed by atoms with Crippen LogP contribution in [0.2, 0.25) is 0 Å². The van der Waals surface area contributed by atoms with Crippen molar-refractivity contribution in [1.82, 2.24) is 9.88 Å². The van der Waals surface area contributed by atoms with Crippen LogP contribution in [0, 0.1) is 0 Å². The molecule has 4 heteroatoms. The average Bonchev–Trinajstić information content (AvgIpc) is 2.50. The molecule has 1 aromatic heterocycles. The van der Waals surface area contributed by atoms with Crippen LogP contribution < -0.4 is 5.32 Å². The molecular formula is C16H21N3O. The fraction of sp³-hybridized carbons (Fsp3) is 0.375. The maximum Gasteiger partial charge on any atom is 0.256 e. The summed E-state index contributed by atoms with van der Waals surface area (Å²) in [5, 5.41) is 5.00. The molecule has 0 aliphatic rings. The molecule has 0 aliphatic carbocycles. The number of anilines is 1. The predicted octanol–water partition coefficient (Wildman–Crippen LogP) is 3.15. The van der Waals surface area contributed by atoms with Crippen molar-refractivity contribution < 1.29 is 4.79 Å². The first-order valence-electron chi connectivity index (χ1n) is 7.07. The van der Waals surface area contributed by atoms with Crippen molar-refractivity contribution in [3.05, 3.63) is 36.0 Å². The van der Waals surface area contributed by atoms with Crippen LogP contribution in [0.15, 0.2) is 30.5 Å². The SMILES string of the molecule is CCCN(CC)C(=O)c1cnc(NC)c2ccccc12. The van der Waals surface area contributed by atoms with E-state index < -0.39 is 0 Å². The molecule has 0 fully saturated rings. The first-order valence-corrected chi connectivity index (χ1v) is 7.07. The number of benzene rings is 1. The van der Waals surface area contributed by atoms with Gasteiger partial charge >= 0.3 is 0 Å². The smallest absolute Gasteiger partial charge is 0.256 e. The summed E-state index contributed by atoms with van der Waals surface area (Å²) in [6, 6.07) is 7.88. The molecule has 4 nitrogen and oxygen atoms in total. The Labute approximate surface area is 119 Å². The van der Waals surface area contributed by atoms with Gasteiger partial charge in [0.25, 0.3) is 5.91 Å². The molecule has 0 bridgehead atoms. The number of carbonyl (C=O) groups is 1. The highest BCUT2D eigenvalue weighted by molar-refractivity contribution is 6.09. The molecule has 0 spiro atoms. The number of nitrogens with one attached hydrogen (secondary N) is 1. The molecule has 106 valence electrons. The molecule has 0 aliphatic heterocycles. The first-order chi connectivity index (χ1) is 9.72. The van der Waals surface area contributed by atoms with Crippen LogP contribution in [0.4, 0.5) is 5.82 Å². The van der Waals surface area contributed by atoms with Crippen molar-refractivity contribution >= 4 is 22.5 Å². The lowest BCUT2D eigenvalue weighted by Crippen LogP contribution is -2.31. The molecule has 1 amide bonds. The summed E-state index contributed by atoms with van der Waals surface area (Å²) in [4.78, 5) is 18.9. The Morgan fingerprint density at radius 3 is 2.55 bits per heavy atom. The van der Waals surface area contributed by atoms with Crippen LogP contribution in [-0.2, 0) is 0 Å². The van der Waals surface area contributed by atoms with E-state index >= 15 is 0 Å². The summed E-state index contributed by atoms with van der Waals surface area (Å²) in [7, 11) is 1.84. The molecule has 1 N–H and O–H groups in total. The second kappa shape index (κ2) is 6.37. The Morgan fingerprint density at radius 1 is 1.25 bits per heavy atom.